The van der Waals surface area contributed by atoms with E-state index in [0.29, 0.717) is 5.17 Å². The van der Waals surface area contributed by atoms with Crippen molar-refractivity contribution in [2.75, 3.05) is 11.9 Å². The summed E-state index contributed by atoms with van der Waals surface area (Å²) in [7, 11) is 1.90. The Kier molecular flexibility index (Phi) is 4.69. The van der Waals surface area contributed by atoms with Crippen LogP contribution in [0.3, 0.4) is 0 Å². The molecule has 0 radical (unpaired) electrons. The molecule has 0 saturated heterocycles. The predicted molar refractivity (Wildman–Crippen MR) is 99.9 cm³/mol. The van der Waals surface area contributed by atoms with Crippen LogP contribution in [-0.4, -0.2) is 12.2 Å². The Balaban J connectivity index is 1.70. The highest BCUT2D eigenvalue weighted by molar-refractivity contribution is 7.80. The molecule has 0 aliphatic rings. The van der Waals surface area contributed by atoms with Crippen molar-refractivity contribution in [1.29, 1.82) is 0 Å². The molecule has 0 bridgehead atoms. The molecular weight excluding hydrogens is 302 g/mol. The quantitative estimate of drug-likeness (QED) is 0.619. The van der Waals surface area contributed by atoms with Crippen molar-refractivity contribution in [3.05, 3.63) is 84.9 Å². The number of hydrogen-bond acceptors (Lipinski definition) is 2. The summed E-state index contributed by atoms with van der Waals surface area (Å²) in [6, 6.07) is 28.1. The minimum absolute atomic E-state index is 0.420. The highest BCUT2D eigenvalue weighted by Crippen LogP contribution is 2.23. The Hall–Kier alpha value is -2.65. The van der Waals surface area contributed by atoms with Gasteiger partial charge in [0.05, 0.1) is 0 Å². The first-order valence-electron chi connectivity index (χ1n) is 7.40. The molecule has 3 aromatic rings. The van der Waals surface area contributed by atoms with E-state index in [1.807, 2.05) is 84.7 Å². The van der Waals surface area contributed by atoms with Gasteiger partial charge in [-0.05, 0) is 47.6 Å². The van der Waals surface area contributed by atoms with Crippen LogP contribution in [0.2, 0.25) is 0 Å². The van der Waals surface area contributed by atoms with Gasteiger partial charge in [0.2, 0.25) is 0 Å². The average Bonchev–Trinajstić information content (AvgIpc) is 2.63. The van der Waals surface area contributed by atoms with Gasteiger partial charge in [0.15, 0.2) is 0 Å². The van der Waals surface area contributed by atoms with E-state index >= 15 is 0 Å². The molecule has 23 heavy (non-hydrogen) atoms. The molecule has 0 atom stereocenters. The van der Waals surface area contributed by atoms with Gasteiger partial charge in [-0.15, -0.1) is 0 Å². The van der Waals surface area contributed by atoms with E-state index in [1.54, 1.807) is 0 Å². The van der Waals surface area contributed by atoms with Gasteiger partial charge in [-0.2, -0.15) is 0 Å². The van der Waals surface area contributed by atoms with Crippen molar-refractivity contribution in [2.45, 2.75) is 0 Å². The summed E-state index contributed by atoms with van der Waals surface area (Å²) in [5, 5.41) is 0.420. The van der Waals surface area contributed by atoms with Crippen LogP contribution in [0.25, 0.3) is 11.1 Å². The maximum Gasteiger partial charge on any atom is 0.269 e. The van der Waals surface area contributed by atoms with Crippen LogP contribution in [0.15, 0.2) is 84.9 Å². The summed E-state index contributed by atoms with van der Waals surface area (Å²) < 4.78 is 5.78. The number of ether oxygens (including phenoxy) is 1. The molecule has 0 spiro atoms. The number of thiocarbonyl (C=S) groups is 1. The fraction of sp³-hybridized carbons (Fsp3) is 0.0500. The zero-order valence-corrected chi connectivity index (χ0v) is 13.7. The minimum Gasteiger partial charge on any atom is -0.432 e. The van der Waals surface area contributed by atoms with Gasteiger partial charge in [-0.3, -0.25) is 0 Å². The fourth-order valence-electron chi connectivity index (χ4n) is 2.27. The maximum atomic E-state index is 5.78. The first-order chi connectivity index (χ1) is 11.2. The second-order valence-electron chi connectivity index (χ2n) is 5.15. The summed E-state index contributed by atoms with van der Waals surface area (Å²) >= 11 is 5.37. The van der Waals surface area contributed by atoms with Crippen LogP contribution in [-0.2, 0) is 0 Å². The highest BCUT2D eigenvalue weighted by atomic mass is 32.1. The number of rotatable bonds is 3. The molecule has 0 heterocycles. The van der Waals surface area contributed by atoms with Crippen molar-refractivity contribution < 1.29 is 4.74 Å². The second-order valence-corrected chi connectivity index (χ2v) is 5.50. The Morgan fingerprint density at radius 2 is 1.26 bits per heavy atom. The summed E-state index contributed by atoms with van der Waals surface area (Å²) in [5.41, 5.74) is 3.33. The SMILES string of the molecule is CN(C(=S)Oc1ccc(-c2ccccc2)cc1)c1ccccc1. The summed E-state index contributed by atoms with van der Waals surface area (Å²) in [6.45, 7) is 0. The van der Waals surface area contributed by atoms with E-state index < -0.39 is 0 Å². The van der Waals surface area contributed by atoms with Gasteiger partial charge >= 0.3 is 0 Å². The smallest absolute Gasteiger partial charge is 0.269 e. The lowest BCUT2D eigenvalue weighted by molar-refractivity contribution is 0.552. The van der Waals surface area contributed by atoms with Crippen molar-refractivity contribution >= 4 is 23.1 Å². The third kappa shape index (κ3) is 3.76. The fourth-order valence-corrected chi connectivity index (χ4v) is 2.47. The Morgan fingerprint density at radius 1 is 0.739 bits per heavy atom. The molecule has 0 saturated carbocycles. The Morgan fingerprint density at radius 3 is 1.87 bits per heavy atom. The number of benzene rings is 3. The third-order valence-corrected chi connectivity index (χ3v) is 3.94. The van der Waals surface area contributed by atoms with Gasteiger partial charge in [-0.1, -0.05) is 60.7 Å². The van der Waals surface area contributed by atoms with Gasteiger partial charge in [-0.25, -0.2) is 0 Å². The standard InChI is InChI=1S/C20H17NOS/c1-21(18-10-6-3-7-11-18)20(23)22-19-14-12-17(13-15-19)16-8-4-2-5-9-16/h2-15H,1H3. The molecule has 3 heteroatoms. The van der Waals surface area contributed by atoms with Crippen LogP contribution in [0.5, 0.6) is 5.75 Å². The van der Waals surface area contributed by atoms with Gasteiger partial charge < -0.3 is 9.64 Å². The number of nitrogens with zero attached hydrogens (tertiary/aromatic N) is 1. The molecule has 0 aromatic heterocycles. The predicted octanol–water partition coefficient (Wildman–Crippen LogP) is 5.15. The van der Waals surface area contributed by atoms with Crippen LogP contribution in [0.4, 0.5) is 5.69 Å². The molecule has 2 nitrogen and oxygen atoms in total. The zero-order chi connectivity index (χ0) is 16.1. The van der Waals surface area contributed by atoms with E-state index in [0.717, 1.165) is 17.0 Å². The Bertz CT molecular complexity index is 770. The largest absolute Gasteiger partial charge is 0.432 e. The number of anilines is 1. The molecule has 3 rings (SSSR count). The van der Waals surface area contributed by atoms with Crippen molar-refractivity contribution in [3.63, 3.8) is 0 Å². The van der Waals surface area contributed by atoms with E-state index in [-0.39, 0.29) is 0 Å². The minimum atomic E-state index is 0.420. The molecule has 3 aromatic carbocycles. The lowest BCUT2D eigenvalue weighted by Crippen LogP contribution is -2.29. The monoisotopic (exact) mass is 319 g/mol. The molecule has 114 valence electrons. The summed E-state index contributed by atoms with van der Waals surface area (Å²) in [5.74, 6) is 0.734. The van der Waals surface area contributed by atoms with E-state index in [9.17, 15) is 0 Å². The molecular formula is C20H17NOS. The molecule has 0 aliphatic carbocycles. The van der Waals surface area contributed by atoms with Gasteiger partial charge in [0.1, 0.15) is 5.75 Å². The van der Waals surface area contributed by atoms with Crippen LogP contribution in [0, 0.1) is 0 Å². The normalized spacial score (nSPS) is 10.1. The van der Waals surface area contributed by atoms with Crippen molar-refractivity contribution in [2.24, 2.45) is 0 Å². The van der Waals surface area contributed by atoms with Gasteiger partial charge in [0.25, 0.3) is 5.17 Å². The lowest BCUT2D eigenvalue weighted by atomic mass is 10.1. The van der Waals surface area contributed by atoms with E-state index in [2.05, 4.69) is 12.1 Å². The first-order valence-corrected chi connectivity index (χ1v) is 7.81. The molecule has 0 amide bonds. The third-order valence-electron chi connectivity index (χ3n) is 3.58. The average molecular weight is 319 g/mol. The molecule has 0 N–H and O–H groups in total. The van der Waals surface area contributed by atoms with Gasteiger partial charge in [0, 0.05) is 12.7 Å². The first kappa shape index (κ1) is 15.3. The van der Waals surface area contributed by atoms with E-state index in [4.69, 9.17) is 17.0 Å². The van der Waals surface area contributed by atoms with Crippen molar-refractivity contribution in [1.82, 2.24) is 0 Å². The Labute approximate surface area is 142 Å². The van der Waals surface area contributed by atoms with Crippen LogP contribution >= 0.6 is 12.2 Å². The molecule has 0 aliphatic heterocycles. The number of para-hydroxylation sites is 1. The van der Waals surface area contributed by atoms with Crippen molar-refractivity contribution in [3.8, 4) is 16.9 Å². The number of hydrogen-bond donors (Lipinski definition) is 0. The summed E-state index contributed by atoms with van der Waals surface area (Å²) in [4.78, 5) is 1.85. The van der Waals surface area contributed by atoms with Crippen LogP contribution in [0.1, 0.15) is 0 Å². The highest BCUT2D eigenvalue weighted by Gasteiger charge is 2.09. The van der Waals surface area contributed by atoms with Crippen LogP contribution < -0.4 is 9.64 Å². The topological polar surface area (TPSA) is 12.5 Å². The van der Waals surface area contributed by atoms with E-state index in [1.165, 1.54) is 5.56 Å². The maximum absolute atomic E-state index is 5.78. The second kappa shape index (κ2) is 7.07. The summed E-state index contributed by atoms with van der Waals surface area (Å²) in [6.07, 6.45) is 0. The zero-order valence-electron chi connectivity index (χ0n) is 12.8. The lowest BCUT2D eigenvalue weighted by Gasteiger charge is -2.19. The molecule has 0 fully saturated rings. The molecule has 0 unspecified atom stereocenters.